The van der Waals surface area contributed by atoms with E-state index in [2.05, 4.69) is 25.9 Å². The molecule has 3 rings (SSSR count). The number of ether oxygens (including phenoxy) is 1. The van der Waals surface area contributed by atoms with Crippen molar-refractivity contribution in [3.63, 3.8) is 0 Å². The highest BCUT2D eigenvalue weighted by atomic mass is 19.4. The second-order valence-electron chi connectivity index (χ2n) is 5.47. The molecule has 3 N–H and O–H groups in total. The zero-order valence-corrected chi connectivity index (χ0v) is 12.9. The van der Waals surface area contributed by atoms with Gasteiger partial charge < -0.3 is 10.1 Å². The number of rotatable bonds is 4. The first-order chi connectivity index (χ1) is 11.9. The number of benzene rings is 1. The van der Waals surface area contributed by atoms with Crippen molar-refractivity contribution in [3.8, 4) is 5.75 Å². The Bertz CT molecular complexity index is 722. The zero-order chi connectivity index (χ0) is 17.9. The van der Waals surface area contributed by atoms with E-state index in [1.54, 1.807) is 12.4 Å². The van der Waals surface area contributed by atoms with Crippen LogP contribution < -0.4 is 20.9 Å². The molecule has 1 aliphatic rings. The summed E-state index contributed by atoms with van der Waals surface area (Å²) >= 11 is 0. The minimum absolute atomic E-state index is 0.0266. The lowest BCUT2D eigenvalue weighted by Gasteiger charge is -2.12. The highest BCUT2D eigenvalue weighted by Gasteiger charge is 2.31. The fourth-order valence-electron chi connectivity index (χ4n) is 2.51. The first-order valence-electron chi connectivity index (χ1n) is 7.48. The first kappa shape index (κ1) is 17.2. The van der Waals surface area contributed by atoms with Crippen molar-refractivity contribution in [1.29, 1.82) is 0 Å². The molecule has 2 unspecified atom stereocenters. The molecule has 2 aromatic rings. The molecule has 1 saturated heterocycles. The summed E-state index contributed by atoms with van der Waals surface area (Å²) in [7, 11) is 0. The average Bonchev–Trinajstić information content (AvgIpc) is 3.06. The van der Waals surface area contributed by atoms with Crippen LogP contribution in [0, 0.1) is 0 Å². The Morgan fingerprint density at radius 3 is 2.44 bits per heavy atom. The van der Waals surface area contributed by atoms with Crippen molar-refractivity contribution in [3.05, 3.63) is 54.4 Å². The van der Waals surface area contributed by atoms with Gasteiger partial charge in [-0.1, -0.05) is 0 Å². The van der Waals surface area contributed by atoms with Crippen LogP contribution in [0.2, 0.25) is 0 Å². The summed E-state index contributed by atoms with van der Waals surface area (Å²) in [6, 6.07) is 8.21. The molecule has 9 heteroatoms. The van der Waals surface area contributed by atoms with E-state index in [0.29, 0.717) is 12.1 Å². The number of hydrazine groups is 1. The van der Waals surface area contributed by atoms with E-state index in [9.17, 15) is 18.0 Å². The highest BCUT2D eigenvalue weighted by Crippen LogP contribution is 2.25. The van der Waals surface area contributed by atoms with E-state index in [1.807, 2.05) is 12.1 Å². The lowest BCUT2D eigenvalue weighted by molar-refractivity contribution is -0.274. The number of anilines is 1. The molecule has 25 heavy (non-hydrogen) atoms. The molecule has 1 amide bonds. The highest BCUT2D eigenvalue weighted by molar-refractivity contribution is 5.95. The van der Waals surface area contributed by atoms with Gasteiger partial charge >= 0.3 is 6.36 Å². The number of halogens is 3. The molecule has 0 aliphatic carbocycles. The maximum atomic E-state index is 12.3. The molecule has 132 valence electrons. The van der Waals surface area contributed by atoms with Crippen LogP contribution in [-0.2, 0) is 4.79 Å². The Kier molecular flexibility index (Phi) is 4.86. The van der Waals surface area contributed by atoms with Gasteiger partial charge in [-0.3, -0.25) is 9.78 Å². The number of alkyl halides is 3. The smallest absolute Gasteiger partial charge is 0.406 e. The van der Waals surface area contributed by atoms with Crippen LogP contribution in [0.25, 0.3) is 0 Å². The quantitative estimate of drug-likeness (QED) is 0.788. The number of carbonyl (C=O) groups excluding carboxylic acids is 1. The van der Waals surface area contributed by atoms with Crippen LogP contribution in [0.1, 0.15) is 18.0 Å². The molecule has 0 radical (unpaired) electrons. The summed E-state index contributed by atoms with van der Waals surface area (Å²) in [6.07, 6.45) is -0.860. The summed E-state index contributed by atoms with van der Waals surface area (Å²) in [5.41, 5.74) is 7.34. The summed E-state index contributed by atoms with van der Waals surface area (Å²) in [4.78, 5) is 16.2. The molecule has 0 saturated carbocycles. The fraction of sp³-hybridized carbons (Fsp3) is 0.250. The van der Waals surface area contributed by atoms with Crippen LogP contribution in [0.3, 0.4) is 0 Å². The molecule has 1 aliphatic heterocycles. The normalized spacial score (nSPS) is 20.3. The van der Waals surface area contributed by atoms with Crippen molar-refractivity contribution < 1.29 is 22.7 Å². The second kappa shape index (κ2) is 7.08. The summed E-state index contributed by atoms with van der Waals surface area (Å²) < 4.78 is 40.2. The zero-order valence-electron chi connectivity index (χ0n) is 12.9. The van der Waals surface area contributed by atoms with E-state index in [0.717, 1.165) is 17.7 Å². The van der Waals surface area contributed by atoms with Gasteiger partial charge in [0.1, 0.15) is 11.8 Å². The van der Waals surface area contributed by atoms with Gasteiger partial charge in [-0.25, -0.2) is 10.9 Å². The van der Waals surface area contributed by atoms with Crippen LogP contribution >= 0.6 is 0 Å². The molecule has 2 atom stereocenters. The number of hydrogen-bond acceptors (Lipinski definition) is 5. The average molecular weight is 352 g/mol. The molecule has 6 nitrogen and oxygen atoms in total. The van der Waals surface area contributed by atoms with Gasteiger partial charge in [0.15, 0.2) is 0 Å². The molecular formula is C16H15F3N4O2. The third kappa shape index (κ3) is 4.68. The van der Waals surface area contributed by atoms with E-state index in [1.165, 1.54) is 12.1 Å². The van der Waals surface area contributed by atoms with E-state index >= 15 is 0 Å². The van der Waals surface area contributed by atoms with Crippen molar-refractivity contribution in [2.75, 3.05) is 5.32 Å². The van der Waals surface area contributed by atoms with Crippen LogP contribution in [-0.4, -0.2) is 23.3 Å². The largest absolute Gasteiger partial charge is 0.573 e. The summed E-state index contributed by atoms with van der Waals surface area (Å²) in [6.45, 7) is 0. The van der Waals surface area contributed by atoms with Crippen LogP contribution in [0.5, 0.6) is 5.75 Å². The van der Waals surface area contributed by atoms with Gasteiger partial charge in [-0.05, 0) is 48.4 Å². The molecule has 1 aromatic carbocycles. The van der Waals surface area contributed by atoms with E-state index < -0.39 is 12.4 Å². The minimum Gasteiger partial charge on any atom is -0.406 e. The Balaban J connectivity index is 1.56. The topological polar surface area (TPSA) is 75.3 Å². The number of aromatic nitrogens is 1. The van der Waals surface area contributed by atoms with Crippen molar-refractivity contribution in [2.45, 2.75) is 24.9 Å². The molecule has 1 fully saturated rings. The number of amides is 1. The number of hydrogen-bond donors (Lipinski definition) is 3. The Labute approximate surface area is 141 Å². The monoisotopic (exact) mass is 352 g/mol. The number of carbonyl (C=O) groups is 1. The predicted molar refractivity (Wildman–Crippen MR) is 83.4 cm³/mol. The van der Waals surface area contributed by atoms with Gasteiger partial charge in [0, 0.05) is 24.1 Å². The van der Waals surface area contributed by atoms with E-state index in [4.69, 9.17) is 0 Å². The Hall–Kier alpha value is -2.65. The molecule has 1 aromatic heterocycles. The number of pyridine rings is 1. The lowest BCUT2D eigenvalue weighted by Crippen LogP contribution is -2.39. The minimum atomic E-state index is -4.74. The van der Waals surface area contributed by atoms with Crippen molar-refractivity contribution in [2.24, 2.45) is 0 Å². The van der Waals surface area contributed by atoms with Gasteiger partial charge in [-0.2, -0.15) is 0 Å². The van der Waals surface area contributed by atoms with E-state index in [-0.39, 0.29) is 17.7 Å². The van der Waals surface area contributed by atoms with Gasteiger partial charge in [0.05, 0.1) is 0 Å². The molecule has 0 bridgehead atoms. The summed E-state index contributed by atoms with van der Waals surface area (Å²) in [5, 5.41) is 2.66. The maximum Gasteiger partial charge on any atom is 0.573 e. The SMILES string of the molecule is O=C(Nc1ccc(OC(F)(F)F)cc1)C1CC(c2ccncc2)NN1. The fourth-order valence-corrected chi connectivity index (χ4v) is 2.51. The standard InChI is InChI=1S/C16H15F3N4O2/c17-16(18,19)25-12-3-1-11(2-4-12)21-15(24)14-9-13(22-23-14)10-5-7-20-8-6-10/h1-8,13-14,22-23H,9H2,(H,21,24). The van der Waals surface area contributed by atoms with Gasteiger partial charge in [0.25, 0.3) is 0 Å². The second-order valence-corrected chi connectivity index (χ2v) is 5.47. The predicted octanol–water partition coefficient (Wildman–Crippen LogP) is 2.53. The maximum absolute atomic E-state index is 12.3. The Morgan fingerprint density at radius 1 is 1.12 bits per heavy atom. The Morgan fingerprint density at radius 2 is 1.80 bits per heavy atom. The molecule has 2 heterocycles. The van der Waals surface area contributed by atoms with Gasteiger partial charge in [0.2, 0.25) is 5.91 Å². The van der Waals surface area contributed by atoms with Crippen molar-refractivity contribution >= 4 is 11.6 Å². The van der Waals surface area contributed by atoms with Crippen LogP contribution in [0.4, 0.5) is 18.9 Å². The summed E-state index contributed by atoms with van der Waals surface area (Å²) in [5.74, 6) is -0.627. The lowest BCUT2D eigenvalue weighted by atomic mass is 10.0. The molecular weight excluding hydrogens is 337 g/mol. The molecule has 0 spiro atoms. The third-order valence-electron chi connectivity index (χ3n) is 3.68. The third-order valence-corrected chi connectivity index (χ3v) is 3.68. The van der Waals surface area contributed by atoms with Crippen LogP contribution in [0.15, 0.2) is 48.8 Å². The van der Waals surface area contributed by atoms with Crippen molar-refractivity contribution in [1.82, 2.24) is 15.8 Å². The number of nitrogens with one attached hydrogen (secondary N) is 3. The first-order valence-corrected chi connectivity index (χ1v) is 7.48. The van der Waals surface area contributed by atoms with Gasteiger partial charge in [-0.15, -0.1) is 13.2 Å². The number of nitrogens with zero attached hydrogens (tertiary/aromatic N) is 1.